The number of nitrogens with zero attached hydrogens (tertiary/aromatic N) is 1. The highest BCUT2D eigenvalue weighted by atomic mass is 19.1. The zero-order valence-corrected chi connectivity index (χ0v) is 19.1. The zero-order chi connectivity index (χ0) is 24.3. The number of methoxy groups -OCH3 is 1. The summed E-state index contributed by atoms with van der Waals surface area (Å²) in [5.41, 5.74) is 1.26. The van der Waals surface area contributed by atoms with Crippen LogP contribution in [0.5, 0.6) is 0 Å². The molecule has 1 spiro atoms. The molecule has 9 heteroatoms. The minimum atomic E-state index is -1.51. The zero-order valence-electron chi connectivity index (χ0n) is 19.1. The van der Waals surface area contributed by atoms with Crippen molar-refractivity contribution in [2.75, 3.05) is 25.6 Å². The van der Waals surface area contributed by atoms with Gasteiger partial charge in [-0.1, -0.05) is 18.2 Å². The molecule has 3 aliphatic rings. The van der Waals surface area contributed by atoms with Gasteiger partial charge in [0.25, 0.3) is 0 Å². The third-order valence-corrected chi connectivity index (χ3v) is 7.61. The van der Waals surface area contributed by atoms with E-state index in [-0.39, 0.29) is 12.5 Å². The van der Waals surface area contributed by atoms with E-state index in [2.05, 4.69) is 15.6 Å². The molecule has 6 rings (SSSR count). The highest BCUT2D eigenvalue weighted by Crippen LogP contribution is 2.53. The molecule has 35 heavy (non-hydrogen) atoms. The fraction of sp³-hybridized carbons (Fsp3) is 0.346. The van der Waals surface area contributed by atoms with Gasteiger partial charge < -0.3 is 15.0 Å². The molecule has 2 aromatic carbocycles. The topological polar surface area (TPSA) is 104 Å². The predicted molar refractivity (Wildman–Crippen MR) is 126 cm³/mol. The number of nitrogens with one attached hydrogen (secondary N) is 3. The van der Waals surface area contributed by atoms with Gasteiger partial charge in [-0.2, -0.15) is 0 Å². The van der Waals surface area contributed by atoms with Crippen LogP contribution in [0.3, 0.4) is 0 Å². The minimum Gasteiger partial charge on any atom is -0.385 e. The van der Waals surface area contributed by atoms with Crippen LogP contribution in [-0.4, -0.2) is 53.9 Å². The molecular weight excluding hydrogens is 451 g/mol. The molecule has 8 nitrogen and oxygen atoms in total. The molecule has 2 fully saturated rings. The number of para-hydroxylation sites is 1. The van der Waals surface area contributed by atoms with Gasteiger partial charge in [0.1, 0.15) is 11.4 Å². The SMILES string of the molecule is COCCCN1C(=O)[C@H]2[C@@H](C1=O)[C@]1(N[C@@H]2Cc2c[nH]c3ccccc23)C(=O)Nc2ccc(F)cc21. The molecule has 180 valence electrons. The number of fused-ring (bicyclic) bond motifs is 5. The molecule has 0 aliphatic carbocycles. The van der Waals surface area contributed by atoms with Crippen molar-refractivity contribution in [3.8, 4) is 0 Å². The van der Waals surface area contributed by atoms with Gasteiger partial charge in [0, 0.05) is 54.7 Å². The Bertz CT molecular complexity index is 1370. The number of aromatic amines is 1. The standard InChI is InChI=1S/C26H25FN4O4/c1-35-10-4-9-31-23(32)21-20(11-14-13-28-18-6-3-2-5-16(14)18)30-26(22(21)24(31)33)17-12-15(27)7-8-19(17)29-25(26)34/h2-3,5-8,12-13,20-22,28,30H,4,9-11H2,1H3,(H,29,34)/t20-,21-,22+,26+/m1/s1. The first-order valence-corrected chi connectivity index (χ1v) is 11.7. The van der Waals surface area contributed by atoms with Gasteiger partial charge in [0.05, 0.1) is 11.8 Å². The fourth-order valence-electron chi connectivity index (χ4n) is 6.13. The lowest BCUT2D eigenvalue weighted by Crippen LogP contribution is -2.53. The van der Waals surface area contributed by atoms with E-state index in [1.54, 1.807) is 7.11 Å². The lowest BCUT2D eigenvalue weighted by atomic mass is 9.76. The van der Waals surface area contributed by atoms with Gasteiger partial charge in [-0.15, -0.1) is 0 Å². The van der Waals surface area contributed by atoms with Crippen LogP contribution >= 0.6 is 0 Å². The van der Waals surface area contributed by atoms with Crippen LogP contribution in [0.15, 0.2) is 48.7 Å². The summed E-state index contributed by atoms with van der Waals surface area (Å²) in [5, 5.41) is 7.19. The molecule has 4 heterocycles. The van der Waals surface area contributed by atoms with E-state index in [1.165, 1.54) is 23.1 Å². The average Bonchev–Trinajstić information content (AvgIpc) is 3.55. The molecule has 0 radical (unpaired) electrons. The Morgan fingerprint density at radius 1 is 1.11 bits per heavy atom. The first-order chi connectivity index (χ1) is 17.0. The highest BCUT2D eigenvalue weighted by Gasteiger charge is 2.70. The lowest BCUT2D eigenvalue weighted by molar-refractivity contribution is -0.143. The lowest BCUT2D eigenvalue weighted by Gasteiger charge is -2.29. The van der Waals surface area contributed by atoms with Crippen molar-refractivity contribution in [3.63, 3.8) is 0 Å². The van der Waals surface area contributed by atoms with E-state index in [9.17, 15) is 18.8 Å². The van der Waals surface area contributed by atoms with Crippen molar-refractivity contribution < 1.29 is 23.5 Å². The summed E-state index contributed by atoms with van der Waals surface area (Å²) in [4.78, 5) is 45.3. The maximum absolute atomic E-state index is 14.4. The van der Waals surface area contributed by atoms with E-state index in [1.807, 2.05) is 30.5 Å². The summed E-state index contributed by atoms with van der Waals surface area (Å²) in [6, 6.07) is 11.4. The Hall–Kier alpha value is -3.56. The van der Waals surface area contributed by atoms with E-state index < -0.39 is 41.0 Å². The van der Waals surface area contributed by atoms with Crippen LogP contribution in [0.4, 0.5) is 10.1 Å². The summed E-state index contributed by atoms with van der Waals surface area (Å²) in [6.07, 6.45) is 2.82. The van der Waals surface area contributed by atoms with E-state index in [0.29, 0.717) is 30.7 Å². The quantitative estimate of drug-likeness (QED) is 0.374. The van der Waals surface area contributed by atoms with Crippen LogP contribution in [0, 0.1) is 17.7 Å². The van der Waals surface area contributed by atoms with Crippen LogP contribution in [0.25, 0.3) is 10.9 Å². The third-order valence-electron chi connectivity index (χ3n) is 7.61. The van der Waals surface area contributed by atoms with Gasteiger partial charge in [0.15, 0.2) is 0 Å². The number of hydrogen-bond donors (Lipinski definition) is 3. The summed E-state index contributed by atoms with van der Waals surface area (Å²) in [7, 11) is 1.56. The molecule has 3 aliphatic heterocycles. The van der Waals surface area contributed by atoms with Crippen molar-refractivity contribution in [2.24, 2.45) is 11.8 Å². The Kier molecular flexibility index (Phi) is 5.01. The molecular formula is C26H25FN4O4. The number of carbonyl (C=O) groups is 3. The van der Waals surface area contributed by atoms with Crippen LogP contribution in [0.1, 0.15) is 17.5 Å². The molecule has 0 unspecified atom stereocenters. The number of aromatic nitrogens is 1. The third kappa shape index (κ3) is 3.08. The van der Waals surface area contributed by atoms with Crippen LogP contribution in [0.2, 0.25) is 0 Å². The number of rotatable bonds is 6. The Balaban J connectivity index is 1.45. The van der Waals surface area contributed by atoms with E-state index in [4.69, 9.17) is 4.74 Å². The number of anilines is 1. The monoisotopic (exact) mass is 476 g/mol. The fourth-order valence-corrected chi connectivity index (χ4v) is 6.13. The molecule has 3 aromatic rings. The second-order valence-corrected chi connectivity index (χ2v) is 9.44. The van der Waals surface area contributed by atoms with Crippen molar-refractivity contribution >= 4 is 34.3 Å². The number of imide groups is 1. The number of benzene rings is 2. The molecule has 3 N–H and O–H groups in total. The molecule has 2 saturated heterocycles. The maximum atomic E-state index is 14.4. The van der Waals surface area contributed by atoms with Gasteiger partial charge in [0.2, 0.25) is 17.7 Å². The summed E-state index contributed by atoms with van der Waals surface area (Å²) < 4.78 is 19.5. The molecule has 0 bridgehead atoms. The van der Waals surface area contributed by atoms with Crippen molar-refractivity contribution in [3.05, 3.63) is 65.6 Å². The van der Waals surface area contributed by atoms with E-state index in [0.717, 1.165) is 16.5 Å². The first kappa shape index (κ1) is 21.9. The van der Waals surface area contributed by atoms with Crippen molar-refractivity contribution in [2.45, 2.75) is 24.4 Å². The second-order valence-electron chi connectivity index (χ2n) is 9.44. The number of H-pyrrole nitrogens is 1. The van der Waals surface area contributed by atoms with E-state index >= 15 is 0 Å². The second kappa shape index (κ2) is 8.00. The largest absolute Gasteiger partial charge is 0.385 e. The minimum absolute atomic E-state index is 0.214. The summed E-state index contributed by atoms with van der Waals surface area (Å²) in [6.45, 7) is 0.620. The van der Waals surface area contributed by atoms with Crippen LogP contribution in [-0.2, 0) is 31.1 Å². The van der Waals surface area contributed by atoms with Gasteiger partial charge >= 0.3 is 0 Å². The molecule has 4 atom stereocenters. The number of hydrogen-bond acceptors (Lipinski definition) is 5. The number of halogens is 1. The number of ether oxygens (including phenoxy) is 1. The van der Waals surface area contributed by atoms with Gasteiger partial charge in [-0.3, -0.25) is 24.6 Å². The van der Waals surface area contributed by atoms with Gasteiger partial charge in [-0.05, 0) is 42.7 Å². The first-order valence-electron chi connectivity index (χ1n) is 11.7. The van der Waals surface area contributed by atoms with Gasteiger partial charge in [-0.25, -0.2) is 4.39 Å². The van der Waals surface area contributed by atoms with Crippen molar-refractivity contribution in [1.82, 2.24) is 15.2 Å². The number of carbonyl (C=O) groups excluding carboxylic acids is 3. The smallest absolute Gasteiger partial charge is 0.250 e. The highest BCUT2D eigenvalue weighted by molar-refractivity contribution is 6.15. The predicted octanol–water partition coefficient (Wildman–Crippen LogP) is 2.31. The Morgan fingerprint density at radius 2 is 1.94 bits per heavy atom. The molecule has 3 amide bonds. The molecule has 1 aromatic heterocycles. The van der Waals surface area contributed by atoms with Crippen molar-refractivity contribution in [1.29, 1.82) is 0 Å². The molecule has 0 saturated carbocycles. The Labute approximate surface area is 200 Å². The number of amides is 3. The summed E-state index contributed by atoms with van der Waals surface area (Å²) >= 11 is 0. The average molecular weight is 477 g/mol. The number of likely N-dealkylation sites (tertiary alicyclic amines) is 1. The maximum Gasteiger partial charge on any atom is 0.250 e. The normalized spacial score (nSPS) is 27.2. The van der Waals surface area contributed by atoms with Crippen LogP contribution < -0.4 is 10.6 Å². The Morgan fingerprint density at radius 3 is 2.77 bits per heavy atom. The summed E-state index contributed by atoms with van der Waals surface area (Å²) in [5.74, 6) is -3.36.